The fourth-order valence-electron chi connectivity index (χ4n) is 5.49. The molecule has 1 saturated heterocycles. The second-order valence-electron chi connectivity index (χ2n) is 10.0. The first-order valence-electron chi connectivity index (χ1n) is 12.9. The van der Waals surface area contributed by atoms with Crippen molar-refractivity contribution in [2.24, 2.45) is 0 Å². The maximum absolute atomic E-state index is 13.0. The maximum Gasteiger partial charge on any atom is 0.265 e. The van der Waals surface area contributed by atoms with Crippen molar-refractivity contribution in [3.63, 3.8) is 0 Å². The SMILES string of the molecule is Cc1c(C(=O)Cc2ccc(C3(C#N)CCC(N4CCOCC4)CC3)nc2)cnn1-c1ccc(C(F)F)cn1. The number of hydrogen-bond acceptors (Lipinski definition) is 7. The van der Waals surface area contributed by atoms with Crippen LogP contribution in [0.15, 0.2) is 42.9 Å². The third-order valence-corrected chi connectivity index (χ3v) is 7.81. The van der Waals surface area contributed by atoms with Gasteiger partial charge in [0.05, 0.1) is 47.8 Å². The summed E-state index contributed by atoms with van der Waals surface area (Å²) in [7, 11) is 0. The van der Waals surface area contributed by atoms with Gasteiger partial charge in [-0.05, 0) is 56.4 Å². The monoisotopic (exact) mass is 520 g/mol. The normalized spacial score (nSPS) is 22.3. The highest BCUT2D eigenvalue weighted by Crippen LogP contribution is 2.39. The van der Waals surface area contributed by atoms with E-state index in [9.17, 15) is 18.8 Å². The summed E-state index contributed by atoms with van der Waals surface area (Å²) in [4.78, 5) is 24.2. The molecule has 0 unspecified atom stereocenters. The number of halogens is 2. The number of alkyl halides is 2. The van der Waals surface area contributed by atoms with E-state index in [0.717, 1.165) is 69.4 Å². The Balaban J connectivity index is 1.24. The maximum atomic E-state index is 13.0. The Labute approximate surface area is 220 Å². The largest absolute Gasteiger partial charge is 0.379 e. The number of nitrogens with zero attached hydrogens (tertiary/aromatic N) is 6. The minimum Gasteiger partial charge on any atom is -0.379 e. The molecular formula is C28H30F2N6O2. The highest BCUT2D eigenvalue weighted by Gasteiger charge is 2.40. The Kier molecular flexibility index (Phi) is 7.58. The second kappa shape index (κ2) is 11.1. The first-order valence-corrected chi connectivity index (χ1v) is 12.9. The van der Waals surface area contributed by atoms with Crippen LogP contribution in [0.2, 0.25) is 0 Å². The molecule has 1 aliphatic carbocycles. The number of aromatic nitrogens is 4. The molecule has 1 aliphatic heterocycles. The highest BCUT2D eigenvalue weighted by atomic mass is 19.3. The van der Waals surface area contributed by atoms with E-state index in [1.165, 1.54) is 23.0 Å². The molecular weight excluding hydrogens is 490 g/mol. The van der Waals surface area contributed by atoms with Gasteiger partial charge in [0.25, 0.3) is 6.43 Å². The Morgan fingerprint density at radius 1 is 1.13 bits per heavy atom. The zero-order valence-corrected chi connectivity index (χ0v) is 21.3. The van der Waals surface area contributed by atoms with Crippen molar-refractivity contribution in [3.8, 4) is 11.9 Å². The van der Waals surface area contributed by atoms with Crippen molar-refractivity contribution in [1.29, 1.82) is 5.26 Å². The van der Waals surface area contributed by atoms with E-state index >= 15 is 0 Å². The smallest absolute Gasteiger partial charge is 0.265 e. The minimum atomic E-state index is -2.60. The third-order valence-electron chi connectivity index (χ3n) is 7.81. The molecule has 0 radical (unpaired) electrons. The zero-order chi connectivity index (χ0) is 26.7. The van der Waals surface area contributed by atoms with Gasteiger partial charge in [0.2, 0.25) is 0 Å². The van der Waals surface area contributed by atoms with Crippen molar-refractivity contribution >= 4 is 5.78 Å². The molecule has 3 aromatic rings. The van der Waals surface area contributed by atoms with Crippen LogP contribution in [0.25, 0.3) is 5.82 Å². The van der Waals surface area contributed by atoms with E-state index in [1.54, 1.807) is 13.1 Å². The lowest BCUT2D eigenvalue weighted by Gasteiger charge is -2.41. The van der Waals surface area contributed by atoms with Gasteiger partial charge in [-0.3, -0.25) is 14.7 Å². The lowest BCUT2D eigenvalue weighted by atomic mass is 9.71. The number of rotatable bonds is 7. The summed E-state index contributed by atoms with van der Waals surface area (Å²) in [5.74, 6) is 0.232. The van der Waals surface area contributed by atoms with Gasteiger partial charge in [0.1, 0.15) is 0 Å². The molecule has 5 rings (SSSR count). The number of nitriles is 1. The lowest BCUT2D eigenvalue weighted by molar-refractivity contribution is 0.00493. The van der Waals surface area contributed by atoms with Crippen molar-refractivity contribution in [2.45, 2.75) is 56.9 Å². The average Bonchev–Trinajstić information content (AvgIpc) is 3.35. The Bertz CT molecular complexity index is 1300. The van der Waals surface area contributed by atoms with Gasteiger partial charge in [-0.15, -0.1) is 0 Å². The van der Waals surface area contributed by atoms with Crippen LogP contribution in [0.3, 0.4) is 0 Å². The van der Waals surface area contributed by atoms with Crippen LogP contribution in [-0.4, -0.2) is 62.8 Å². The summed E-state index contributed by atoms with van der Waals surface area (Å²) in [5.41, 5.74) is 1.75. The number of hydrogen-bond donors (Lipinski definition) is 0. The predicted molar refractivity (Wildman–Crippen MR) is 135 cm³/mol. The molecule has 0 bridgehead atoms. The fourth-order valence-corrected chi connectivity index (χ4v) is 5.49. The van der Waals surface area contributed by atoms with Crippen molar-refractivity contribution in [3.05, 3.63) is 70.9 Å². The molecule has 0 atom stereocenters. The average molecular weight is 521 g/mol. The summed E-state index contributed by atoms with van der Waals surface area (Å²) in [6.45, 7) is 5.19. The molecule has 198 valence electrons. The first kappa shape index (κ1) is 26.1. The summed E-state index contributed by atoms with van der Waals surface area (Å²) in [6, 6.07) is 9.54. The van der Waals surface area contributed by atoms with Crippen molar-refractivity contribution in [1.82, 2.24) is 24.6 Å². The van der Waals surface area contributed by atoms with Crippen LogP contribution < -0.4 is 0 Å². The summed E-state index contributed by atoms with van der Waals surface area (Å²) in [5, 5.41) is 14.3. The zero-order valence-electron chi connectivity index (χ0n) is 21.3. The molecule has 0 amide bonds. The number of carbonyl (C=O) groups excluding carboxylic acids is 1. The number of ketones is 1. The highest BCUT2D eigenvalue weighted by molar-refractivity contribution is 5.98. The van der Waals surface area contributed by atoms with Crippen molar-refractivity contribution < 1.29 is 18.3 Å². The van der Waals surface area contributed by atoms with Gasteiger partial charge >= 0.3 is 0 Å². The van der Waals surface area contributed by atoms with Crippen LogP contribution in [0.1, 0.15) is 65.0 Å². The summed E-state index contributed by atoms with van der Waals surface area (Å²) >= 11 is 0. The first-order chi connectivity index (χ1) is 18.4. The molecule has 10 heteroatoms. The summed E-state index contributed by atoms with van der Waals surface area (Å²) < 4.78 is 32.6. The molecule has 0 aromatic carbocycles. The van der Waals surface area contributed by atoms with Gasteiger partial charge in [0.15, 0.2) is 11.6 Å². The number of pyridine rings is 2. The Morgan fingerprint density at radius 3 is 2.50 bits per heavy atom. The molecule has 2 aliphatic rings. The van der Waals surface area contributed by atoms with Gasteiger partial charge in [-0.1, -0.05) is 6.07 Å². The molecule has 8 nitrogen and oxygen atoms in total. The molecule has 3 aromatic heterocycles. The standard InChI is InChI=1S/C28H30F2N6O2/c1-19-23(17-34-36(19)26-5-3-21(16-33-26)27(29)30)24(37)14-20-2-4-25(32-15-20)28(18-31)8-6-22(7-9-28)35-10-12-38-13-11-35/h2-5,15-17,22,27H,6-14H2,1H3. The minimum absolute atomic E-state index is 0.131. The van der Waals surface area contributed by atoms with Crippen LogP contribution in [-0.2, 0) is 16.6 Å². The molecule has 4 heterocycles. The number of ether oxygens (including phenoxy) is 1. The third kappa shape index (κ3) is 5.22. The quantitative estimate of drug-likeness (QED) is 0.427. The topological polar surface area (TPSA) is 96.9 Å². The number of morpholine rings is 1. The van der Waals surface area contributed by atoms with Gasteiger partial charge < -0.3 is 4.74 Å². The van der Waals surface area contributed by atoms with Gasteiger partial charge in [-0.2, -0.15) is 10.4 Å². The van der Waals surface area contributed by atoms with E-state index in [-0.39, 0.29) is 17.8 Å². The van der Waals surface area contributed by atoms with Gasteiger partial charge in [-0.25, -0.2) is 18.4 Å². The number of carbonyl (C=O) groups is 1. The predicted octanol–water partition coefficient (Wildman–Crippen LogP) is 4.37. The molecule has 38 heavy (non-hydrogen) atoms. The van der Waals surface area contributed by atoms with Crippen LogP contribution >= 0.6 is 0 Å². The Hall–Kier alpha value is -3.55. The van der Waals surface area contributed by atoms with Crippen molar-refractivity contribution in [2.75, 3.05) is 26.3 Å². The van der Waals surface area contributed by atoms with E-state index in [0.29, 0.717) is 23.1 Å². The van der Waals surface area contributed by atoms with Crippen LogP contribution in [0.5, 0.6) is 0 Å². The van der Waals surface area contributed by atoms with Crippen LogP contribution in [0, 0.1) is 18.3 Å². The lowest BCUT2D eigenvalue weighted by Crippen LogP contribution is -2.47. The molecule has 2 fully saturated rings. The van der Waals surface area contributed by atoms with Crippen LogP contribution in [0.4, 0.5) is 8.78 Å². The molecule has 0 spiro atoms. The Morgan fingerprint density at radius 2 is 1.89 bits per heavy atom. The molecule has 0 N–H and O–H groups in total. The fraction of sp³-hybridized carbons (Fsp3) is 0.464. The van der Waals surface area contributed by atoms with E-state index in [2.05, 4.69) is 26.0 Å². The second-order valence-corrected chi connectivity index (χ2v) is 10.0. The van der Waals surface area contributed by atoms with Gasteiger partial charge in [0, 0.05) is 43.5 Å². The van der Waals surface area contributed by atoms with E-state index in [1.807, 2.05) is 12.1 Å². The summed E-state index contributed by atoms with van der Waals surface area (Å²) in [6.07, 6.45) is 5.25. The number of Topliss-reactive ketones (excluding diaryl/α,β-unsaturated/α-hetero) is 1. The molecule has 1 saturated carbocycles. The van der Waals surface area contributed by atoms with E-state index < -0.39 is 11.8 Å². The van der Waals surface area contributed by atoms with E-state index in [4.69, 9.17) is 4.74 Å².